The number of aromatic nitrogens is 1. The van der Waals surface area contributed by atoms with Crippen LogP contribution in [0.3, 0.4) is 0 Å². The molecule has 2 N–H and O–H groups in total. The highest BCUT2D eigenvalue weighted by atomic mass is 35.5. The first-order chi connectivity index (χ1) is 9.65. The topological polar surface area (TPSA) is 57.4 Å². The van der Waals surface area contributed by atoms with E-state index in [2.05, 4.69) is 4.98 Å². The van der Waals surface area contributed by atoms with Gasteiger partial charge in [-0.3, -0.25) is 4.98 Å². The average Bonchev–Trinajstić information content (AvgIpc) is 2.46. The zero-order valence-corrected chi connectivity index (χ0v) is 12.4. The summed E-state index contributed by atoms with van der Waals surface area (Å²) in [5.74, 6) is 1.12. The zero-order chi connectivity index (χ0) is 14.5. The molecular weight excluding hydrogens is 299 g/mol. The minimum atomic E-state index is 0.298. The van der Waals surface area contributed by atoms with Crippen LogP contribution in [0.2, 0.25) is 10.0 Å². The van der Waals surface area contributed by atoms with E-state index in [-0.39, 0.29) is 0 Å². The molecule has 0 atom stereocenters. The van der Waals surface area contributed by atoms with Crippen LogP contribution in [0.25, 0.3) is 0 Å². The summed E-state index contributed by atoms with van der Waals surface area (Å²) in [6, 6.07) is 5.24. The third-order valence-corrected chi connectivity index (χ3v) is 3.32. The van der Waals surface area contributed by atoms with Crippen LogP contribution in [0, 0.1) is 0 Å². The standard InChI is InChI=1S/C14H14Cl2N2O2/c1-19-13-5-11(15)4-10(6-17)14(13)20-8-9-2-3-18-7-12(9)16/h2-5,7H,6,8,17H2,1H3. The first-order valence-electron chi connectivity index (χ1n) is 5.93. The molecule has 0 unspecified atom stereocenters. The number of rotatable bonds is 5. The van der Waals surface area contributed by atoms with Crippen molar-refractivity contribution in [1.82, 2.24) is 4.98 Å². The lowest BCUT2D eigenvalue weighted by Crippen LogP contribution is -2.05. The van der Waals surface area contributed by atoms with Crippen molar-refractivity contribution in [3.05, 3.63) is 51.8 Å². The number of ether oxygens (including phenoxy) is 2. The van der Waals surface area contributed by atoms with Gasteiger partial charge in [-0.1, -0.05) is 23.2 Å². The third kappa shape index (κ3) is 3.33. The van der Waals surface area contributed by atoms with Crippen molar-refractivity contribution in [1.29, 1.82) is 0 Å². The summed E-state index contributed by atoms with van der Waals surface area (Å²) in [7, 11) is 1.55. The molecule has 0 amide bonds. The van der Waals surface area contributed by atoms with Gasteiger partial charge in [0, 0.05) is 41.2 Å². The highest BCUT2D eigenvalue weighted by Crippen LogP contribution is 2.35. The Balaban J connectivity index is 2.27. The minimum Gasteiger partial charge on any atom is -0.493 e. The maximum absolute atomic E-state index is 6.04. The van der Waals surface area contributed by atoms with Crippen LogP contribution in [0.15, 0.2) is 30.6 Å². The Bertz CT molecular complexity index is 580. The van der Waals surface area contributed by atoms with Gasteiger partial charge in [-0.05, 0) is 12.1 Å². The van der Waals surface area contributed by atoms with Crippen LogP contribution in [0.5, 0.6) is 11.5 Å². The molecule has 0 aliphatic rings. The number of halogens is 2. The third-order valence-electron chi connectivity index (χ3n) is 2.76. The zero-order valence-electron chi connectivity index (χ0n) is 10.9. The van der Waals surface area contributed by atoms with E-state index in [1.807, 2.05) is 0 Å². The molecule has 2 aromatic rings. The van der Waals surface area contributed by atoms with Gasteiger partial charge in [0.25, 0.3) is 0 Å². The number of hydrogen-bond acceptors (Lipinski definition) is 4. The van der Waals surface area contributed by atoms with E-state index in [9.17, 15) is 0 Å². The first-order valence-corrected chi connectivity index (χ1v) is 6.69. The molecule has 0 aliphatic heterocycles. The number of nitrogens with zero attached hydrogens (tertiary/aromatic N) is 1. The Morgan fingerprint density at radius 3 is 2.70 bits per heavy atom. The minimum absolute atomic E-state index is 0.298. The van der Waals surface area contributed by atoms with Gasteiger partial charge >= 0.3 is 0 Å². The average molecular weight is 313 g/mol. The Morgan fingerprint density at radius 2 is 2.05 bits per heavy atom. The molecule has 1 aromatic carbocycles. The van der Waals surface area contributed by atoms with E-state index in [0.717, 1.165) is 11.1 Å². The number of methoxy groups -OCH3 is 1. The van der Waals surface area contributed by atoms with Crippen LogP contribution in [0.1, 0.15) is 11.1 Å². The molecule has 106 valence electrons. The van der Waals surface area contributed by atoms with E-state index in [4.69, 9.17) is 38.4 Å². The molecule has 1 heterocycles. The largest absolute Gasteiger partial charge is 0.493 e. The second-order valence-corrected chi connectivity index (χ2v) is 4.90. The summed E-state index contributed by atoms with van der Waals surface area (Å²) in [6.07, 6.45) is 3.23. The molecule has 2 rings (SSSR count). The second kappa shape index (κ2) is 6.79. The summed E-state index contributed by atoms with van der Waals surface area (Å²) in [6.45, 7) is 0.600. The van der Waals surface area contributed by atoms with E-state index >= 15 is 0 Å². The molecule has 0 bridgehead atoms. The molecule has 4 nitrogen and oxygen atoms in total. The maximum Gasteiger partial charge on any atom is 0.166 e. The smallest absolute Gasteiger partial charge is 0.166 e. The SMILES string of the molecule is COc1cc(Cl)cc(CN)c1OCc1ccncc1Cl. The van der Waals surface area contributed by atoms with Gasteiger partial charge in [0.15, 0.2) is 11.5 Å². The van der Waals surface area contributed by atoms with E-state index in [0.29, 0.717) is 34.7 Å². The second-order valence-electron chi connectivity index (χ2n) is 4.06. The van der Waals surface area contributed by atoms with Gasteiger partial charge in [0.05, 0.1) is 12.1 Å². The first kappa shape index (κ1) is 14.9. The molecule has 20 heavy (non-hydrogen) atoms. The number of nitrogens with two attached hydrogens (primary N) is 1. The molecule has 6 heteroatoms. The van der Waals surface area contributed by atoms with Gasteiger partial charge in [-0.15, -0.1) is 0 Å². The van der Waals surface area contributed by atoms with Gasteiger partial charge in [0.2, 0.25) is 0 Å². The summed E-state index contributed by atoms with van der Waals surface area (Å²) >= 11 is 12.0. The molecule has 1 aromatic heterocycles. The molecule has 0 aliphatic carbocycles. The monoisotopic (exact) mass is 312 g/mol. The molecule has 0 saturated carbocycles. The Labute approximate surface area is 127 Å². The number of hydrogen-bond donors (Lipinski definition) is 1. The maximum atomic E-state index is 6.04. The van der Waals surface area contributed by atoms with Gasteiger partial charge < -0.3 is 15.2 Å². The summed E-state index contributed by atoms with van der Waals surface area (Å²) < 4.78 is 11.1. The van der Waals surface area contributed by atoms with E-state index in [1.54, 1.807) is 37.7 Å². The Hall–Kier alpha value is -1.49. The van der Waals surface area contributed by atoms with Gasteiger partial charge in [-0.25, -0.2) is 0 Å². The summed E-state index contributed by atoms with van der Waals surface area (Å²) in [5, 5.41) is 1.10. The van der Waals surface area contributed by atoms with Crippen molar-refractivity contribution >= 4 is 23.2 Å². The molecule has 0 saturated heterocycles. The molecule has 0 radical (unpaired) electrons. The van der Waals surface area contributed by atoms with Crippen molar-refractivity contribution in [2.45, 2.75) is 13.2 Å². The van der Waals surface area contributed by atoms with Crippen LogP contribution < -0.4 is 15.2 Å². The quantitative estimate of drug-likeness (QED) is 0.919. The van der Waals surface area contributed by atoms with Crippen LogP contribution in [0.4, 0.5) is 0 Å². The lowest BCUT2D eigenvalue weighted by Gasteiger charge is -2.15. The van der Waals surface area contributed by atoms with Crippen molar-refractivity contribution in [3.63, 3.8) is 0 Å². The summed E-state index contributed by atoms with van der Waals surface area (Å²) in [5.41, 5.74) is 7.32. The van der Waals surface area contributed by atoms with Gasteiger partial charge in [0.1, 0.15) is 6.61 Å². The highest BCUT2D eigenvalue weighted by Gasteiger charge is 2.12. The fourth-order valence-electron chi connectivity index (χ4n) is 1.76. The predicted octanol–water partition coefficient (Wildman–Crippen LogP) is 3.43. The normalized spacial score (nSPS) is 10.4. The van der Waals surface area contributed by atoms with E-state index < -0.39 is 0 Å². The Kier molecular flexibility index (Phi) is 5.06. The van der Waals surface area contributed by atoms with Crippen LogP contribution in [-0.4, -0.2) is 12.1 Å². The van der Waals surface area contributed by atoms with Gasteiger partial charge in [-0.2, -0.15) is 0 Å². The fraction of sp³-hybridized carbons (Fsp3) is 0.214. The number of benzene rings is 1. The van der Waals surface area contributed by atoms with Crippen LogP contribution >= 0.6 is 23.2 Å². The van der Waals surface area contributed by atoms with Crippen molar-refractivity contribution < 1.29 is 9.47 Å². The van der Waals surface area contributed by atoms with Crippen molar-refractivity contribution in [2.24, 2.45) is 5.73 Å². The lowest BCUT2D eigenvalue weighted by atomic mass is 10.2. The predicted molar refractivity (Wildman–Crippen MR) is 79.5 cm³/mol. The van der Waals surface area contributed by atoms with Crippen molar-refractivity contribution in [2.75, 3.05) is 7.11 Å². The molecule has 0 fully saturated rings. The molecular formula is C14H14Cl2N2O2. The summed E-state index contributed by atoms with van der Waals surface area (Å²) in [4.78, 5) is 3.93. The van der Waals surface area contributed by atoms with E-state index in [1.165, 1.54) is 0 Å². The highest BCUT2D eigenvalue weighted by molar-refractivity contribution is 6.31. The number of pyridine rings is 1. The Morgan fingerprint density at radius 1 is 1.25 bits per heavy atom. The van der Waals surface area contributed by atoms with Crippen LogP contribution in [-0.2, 0) is 13.2 Å². The molecule has 0 spiro atoms. The van der Waals surface area contributed by atoms with Crippen molar-refractivity contribution in [3.8, 4) is 11.5 Å². The lowest BCUT2D eigenvalue weighted by molar-refractivity contribution is 0.281. The fourth-order valence-corrected chi connectivity index (χ4v) is 2.17.